The third-order valence-electron chi connectivity index (χ3n) is 6.23. The molecule has 2 aromatic rings. The van der Waals surface area contributed by atoms with Gasteiger partial charge in [0.05, 0.1) is 69.2 Å². The number of hydrogen-bond donors (Lipinski definition) is 0. The molecule has 1 heterocycles. The van der Waals surface area contributed by atoms with Crippen molar-refractivity contribution >= 4 is 17.3 Å². The van der Waals surface area contributed by atoms with Crippen LogP contribution in [0.1, 0.15) is 24.2 Å². The van der Waals surface area contributed by atoms with Crippen LogP contribution in [-0.2, 0) is 20.7 Å². The Labute approximate surface area is 212 Å². The standard InChI is InChI=1S/C24H28N2O11/c1-13(27)37-24(16-8-21(33-3)23(35-5)10-19(16)26(30)31)17-12-36-11-15(17)6-14-7-20(32-2)22(34-4)9-18(14)25(28)29/h7-10,15,17,24H,6,11-12H2,1-5H3/t15-,17+,24?/m0/s1. The summed E-state index contributed by atoms with van der Waals surface area (Å²) in [5, 5.41) is 23.8. The Morgan fingerprint density at radius 3 is 1.92 bits per heavy atom. The molecule has 3 atom stereocenters. The fourth-order valence-electron chi connectivity index (χ4n) is 4.52. The number of hydrogen-bond acceptors (Lipinski definition) is 11. The molecule has 13 heteroatoms. The zero-order valence-electron chi connectivity index (χ0n) is 21.0. The van der Waals surface area contributed by atoms with Crippen molar-refractivity contribution in [2.75, 3.05) is 41.7 Å². The minimum atomic E-state index is -1.09. The van der Waals surface area contributed by atoms with Crippen LogP contribution in [0.5, 0.6) is 23.0 Å². The predicted molar refractivity (Wildman–Crippen MR) is 128 cm³/mol. The van der Waals surface area contributed by atoms with Crippen molar-refractivity contribution in [2.24, 2.45) is 11.8 Å². The third kappa shape index (κ3) is 5.82. The van der Waals surface area contributed by atoms with E-state index < -0.39 is 33.8 Å². The molecule has 2 aromatic carbocycles. The Kier molecular flexibility index (Phi) is 8.71. The van der Waals surface area contributed by atoms with E-state index in [-0.39, 0.29) is 53.8 Å². The lowest BCUT2D eigenvalue weighted by Crippen LogP contribution is -2.27. The molecule has 0 spiro atoms. The molecule has 1 aliphatic rings. The van der Waals surface area contributed by atoms with Gasteiger partial charge < -0.3 is 28.4 Å². The molecule has 0 aromatic heterocycles. The summed E-state index contributed by atoms with van der Waals surface area (Å²) in [6.07, 6.45) is -0.940. The van der Waals surface area contributed by atoms with E-state index in [2.05, 4.69) is 0 Å². The van der Waals surface area contributed by atoms with E-state index in [0.29, 0.717) is 11.3 Å². The second kappa shape index (κ2) is 11.7. The van der Waals surface area contributed by atoms with Crippen molar-refractivity contribution in [1.29, 1.82) is 0 Å². The van der Waals surface area contributed by atoms with Gasteiger partial charge in [0.2, 0.25) is 0 Å². The van der Waals surface area contributed by atoms with E-state index >= 15 is 0 Å². The fraction of sp³-hybridized carbons (Fsp3) is 0.458. The number of nitro groups is 2. The largest absolute Gasteiger partial charge is 0.493 e. The van der Waals surface area contributed by atoms with Crippen LogP contribution in [0.3, 0.4) is 0 Å². The summed E-state index contributed by atoms with van der Waals surface area (Å²) in [4.78, 5) is 34.7. The number of methoxy groups -OCH3 is 4. The highest BCUT2D eigenvalue weighted by Gasteiger charge is 2.42. The van der Waals surface area contributed by atoms with E-state index in [9.17, 15) is 25.0 Å². The Hall–Kier alpha value is -4.13. The van der Waals surface area contributed by atoms with Crippen molar-refractivity contribution in [3.63, 3.8) is 0 Å². The average Bonchev–Trinajstić information content (AvgIpc) is 3.33. The number of esters is 1. The molecule has 37 heavy (non-hydrogen) atoms. The highest BCUT2D eigenvalue weighted by atomic mass is 16.6. The Morgan fingerprint density at radius 2 is 1.41 bits per heavy atom. The SMILES string of the molecule is COc1cc(C[C@H]2COC[C@H]2C(OC(C)=O)c2cc(OC)c(OC)cc2[N+](=O)[O-])c([N+](=O)[O-])cc1OC. The Balaban J connectivity index is 2.09. The van der Waals surface area contributed by atoms with Crippen LogP contribution < -0.4 is 18.9 Å². The topological polar surface area (TPSA) is 159 Å². The first-order valence-electron chi connectivity index (χ1n) is 11.2. The van der Waals surface area contributed by atoms with Crippen molar-refractivity contribution in [3.8, 4) is 23.0 Å². The summed E-state index contributed by atoms with van der Waals surface area (Å²) >= 11 is 0. The second-order valence-corrected chi connectivity index (χ2v) is 8.31. The zero-order chi connectivity index (χ0) is 27.3. The second-order valence-electron chi connectivity index (χ2n) is 8.31. The molecule has 1 unspecified atom stereocenters. The molecule has 0 aliphatic carbocycles. The van der Waals surface area contributed by atoms with Crippen LogP contribution in [0.25, 0.3) is 0 Å². The smallest absolute Gasteiger partial charge is 0.303 e. The molecule has 1 saturated heterocycles. The third-order valence-corrected chi connectivity index (χ3v) is 6.23. The Bertz CT molecular complexity index is 1180. The molecule has 0 amide bonds. The van der Waals surface area contributed by atoms with Gasteiger partial charge in [-0.2, -0.15) is 0 Å². The first kappa shape index (κ1) is 27.5. The number of nitro benzene ring substituents is 2. The average molecular weight is 520 g/mol. The van der Waals surface area contributed by atoms with Gasteiger partial charge in [-0.05, 0) is 24.5 Å². The van der Waals surface area contributed by atoms with Crippen molar-refractivity contribution in [2.45, 2.75) is 19.4 Å². The van der Waals surface area contributed by atoms with Gasteiger partial charge in [-0.3, -0.25) is 25.0 Å². The lowest BCUT2D eigenvalue weighted by atomic mass is 9.82. The molecular formula is C24H28N2O11. The Morgan fingerprint density at radius 1 is 0.892 bits per heavy atom. The number of rotatable bonds is 11. The summed E-state index contributed by atoms with van der Waals surface area (Å²) in [6, 6.07) is 5.40. The number of carbonyl (C=O) groups excluding carboxylic acids is 1. The number of nitrogens with zero attached hydrogens (tertiary/aromatic N) is 2. The molecule has 0 radical (unpaired) electrons. The summed E-state index contributed by atoms with van der Waals surface area (Å²) in [7, 11) is 5.53. The van der Waals surface area contributed by atoms with Gasteiger partial charge in [-0.1, -0.05) is 0 Å². The van der Waals surface area contributed by atoms with E-state index in [1.807, 2.05) is 0 Å². The molecule has 3 rings (SSSR count). The molecule has 1 fully saturated rings. The molecule has 0 saturated carbocycles. The molecule has 0 N–H and O–H groups in total. The summed E-state index contributed by atoms with van der Waals surface area (Å²) in [5.74, 6) is -0.744. The number of benzene rings is 2. The highest BCUT2D eigenvalue weighted by molar-refractivity contribution is 5.67. The van der Waals surface area contributed by atoms with Gasteiger partial charge in [0.25, 0.3) is 11.4 Å². The molecule has 0 bridgehead atoms. The summed E-state index contributed by atoms with van der Waals surface area (Å²) < 4.78 is 32.3. The van der Waals surface area contributed by atoms with Gasteiger partial charge in [0.1, 0.15) is 6.10 Å². The maximum atomic E-state index is 12.1. The number of carbonyl (C=O) groups is 1. The van der Waals surface area contributed by atoms with Gasteiger partial charge in [0.15, 0.2) is 23.0 Å². The van der Waals surface area contributed by atoms with E-state index in [0.717, 1.165) is 0 Å². The van der Waals surface area contributed by atoms with Crippen LogP contribution in [0, 0.1) is 32.1 Å². The first-order valence-corrected chi connectivity index (χ1v) is 11.2. The van der Waals surface area contributed by atoms with Crippen LogP contribution in [-0.4, -0.2) is 57.5 Å². The minimum Gasteiger partial charge on any atom is -0.493 e. The van der Waals surface area contributed by atoms with Crippen molar-refractivity contribution < 1.29 is 43.1 Å². The normalized spacial score (nSPS) is 17.5. The van der Waals surface area contributed by atoms with Crippen LogP contribution in [0.4, 0.5) is 11.4 Å². The van der Waals surface area contributed by atoms with E-state index in [1.54, 1.807) is 0 Å². The molecule has 1 aliphatic heterocycles. The fourth-order valence-corrected chi connectivity index (χ4v) is 4.52. The first-order chi connectivity index (χ1) is 17.6. The van der Waals surface area contributed by atoms with E-state index in [4.69, 9.17) is 28.4 Å². The van der Waals surface area contributed by atoms with Gasteiger partial charge in [0, 0.05) is 18.4 Å². The minimum absolute atomic E-state index is 0.0974. The van der Waals surface area contributed by atoms with Gasteiger partial charge in [-0.15, -0.1) is 0 Å². The van der Waals surface area contributed by atoms with Gasteiger partial charge in [-0.25, -0.2) is 0 Å². The van der Waals surface area contributed by atoms with Crippen molar-refractivity contribution in [1.82, 2.24) is 0 Å². The molecule has 13 nitrogen and oxygen atoms in total. The lowest BCUT2D eigenvalue weighted by molar-refractivity contribution is -0.386. The van der Waals surface area contributed by atoms with Gasteiger partial charge >= 0.3 is 5.97 Å². The molecular weight excluding hydrogens is 492 g/mol. The van der Waals surface area contributed by atoms with E-state index in [1.165, 1.54) is 59.6 Å². The van der Waals surface area contributed by atoms with Crippen molar-refractivity contribution in [3.05, 3.63) is 55.6 Å². The maximum Gasteiger partial charge on any atom is 0.303 e. The quantitative estimate of drug-likeness (QED) is 0.242. The lowest BCUT2D eigenvalue weighted by Gasteiger charge is -2.27. The highest BCUT2D eigenvalue weighted by Crippen LogP contribution is 2.45. The maximum absolute atomic E-state index is 12.1. The van der Waals surface area contributed by atoms with Crippen LogP contribution in [0.2, 0.25) is 0 Å². The summed E-state index contributed by atoms with van der Waals surface area (Å²) in [6.45, 7) is 1.49. The molecule has 200 valence electrons. The van der Waals surface area contributed by atoms with Crippen LogP contribution in [0.15, 0.2) is 24.3 Å². The van der Waals surface area contributed by atoms with Crippen LogP contribution >= 0.6 is 0 Å². The summed E-state index contributed by atoms with van der Waals surface area (Å²) in [5.41, 5.74) is -0.0530. The number of ether oxygens (including phenoxy) is 6. The predicted octanol–water partition coefficient (Wildman–Crippen LogP) is 3.65. The zero-order valence-corrected chi connectivity index (χ0v) is 21.0. The monoisotopic (exact) mass is 520 g/mol.